The van der Waals surface area contributed by atoms with Crippen LogP contribution in [0.15, 0.2) is 24.3 Å². The number of hydrogen-bond donors (Lipinski definition) is 2. The third-order valence-electron chi connectivity index (χ3n) is 6.59. The van der Waals surface area contributed by atoms with E-state index in [0.717, 1.165) is 5.75 Å². The van der Waals surface area contributed by atoms with E-state index in [2.05, 4.69) is 10.6 Å². The van der Waals surface area contributed by atoms with Crippen molar-refractivity contribution in [2.45, 2.75) is 83.4 Å². The molecule has 1 saturated carbocycles. The molecule has 1 atom stereocenters. The number of halogens is 1. The maximum absolute atomic E-state index is 13.2. The minimum absolute atomic E-state index is 0.0824. The summed E-state index contributed by atoms with van der Waals surface area (Å²) in [7, 11) is 0. The van der Waals surface area contributed by atoms with E-state index in [1.54, 1.807) is 37.4 Å². The molecule has 1 saturated heterocycles. The Labute approximate surface area is 218 Å². The number of likely N-dealkylation sites (tertiary alicyclic amines) is 1. The third kappa shape index (κ3) is 9.30. The van der Waals surface area contributed by atoms with Crippen LogP contribution in [0.1, 0.15) is 76.1 Å². The van der Waals surface area contributed by atoms with Crippen molar-refractivity contribution >= 4 is 29.7 Å². The number of amides is 3. The second kappa shape index (κ2) is 13.3. The van der Waals surface area contributed by atoms with Crippen LogP contribution in [0.3, 0.4) is 0 Å². The van der Waals surface area contributed by atoms with Crippen molar-refractivity contribution in [2.75, 3.05) is 24.6 Å². The highest BCUT2D eigenvalue weighted by atomic mass is 32.2. The molecule has 0 aromatic heterocycles. The van der Waals surface area contributed by atoms with E-state index in [0.29, 0.717) is 43.2 Å². The number of nitrogens with one attached hydrogen (secondary N) is 2. The van der Waals surface area contributed by atoms with Crippen LogP contribution in [-0.2, 0) is 9.53 Å². The summed E-state index contributed by atoms with van der Waals surface area (Å²) in [5.41, 5.74) is -0.194. The number of hydrogen-bond acceptors (Lipinski definition) is 5. The van der Waals surface area contributed by atoms with Crippen LogP contribution in [0.4, 0.5) is 9.18 Å². The number of alkyl carbamates (subject to hydrolysis) is 1. The number of carbonyl (C=O) groups excluding carboxylic acids is 3. The van der Waals surface area contributed by atoms with Crippen LogP contribution in [0, 0.1) is 11.7 Å². The highest BCUT2D eigenvalue weighted by Crippen LogP contribution is 2.27. The van der Waals surface area contributed by atoms with Gasteiger partial charge in [-0.05, 0) is 82.4 Å². The molecule has 3 rings (SSSR count). The molecule has 1 aliphatic carbocycles. The monoisotopic (exact) mass is 521 g/mol. The molecular weight excluding hydrogens is 481 g/mol. The maximum atomic E-state index is 13.2. The lowest BCUT2D eigenvalue weighted by Gasteiger charge is -2.33. The molecule has 36 heavy (non-hydrogen) atoms. The summed E-state index contributed by atoms with van der Waals surface area (Å²) in [5, 5.41) is 5.84. The number of carbonyl (C=O) groups is 3. The summed E-state index contributed by atoms with van der Waals surface area (Å²) in [6.07, 6.45) is 6.96. The summed E-state index contributed by atoms with van der Waals surface area (Å²) in [6, 6.07) is 4.77. The standard InChI is InChI=1S/C27H40FN3O4S/c1-27(2,3)35-26(34)30-23(18-36-17-19-7-5-4-6-8-19)24(32)29-22-13-15-31(16-14-22)25(33)20-9-11-21(28)12-10-20/h9-12,19,22-23H,4-8,13-18H2,1-3H3,(H,29,32)(H,30,34). The quantitative estimate of drug-likeness (QED) is 0.515. The SMILES string of the molecule is CC(C)(C)OC(=O)NC(CSCC1CCCCC1)C(=O)NC1CCN(C(=O)c2ccc(F)cc2)CC1. The molecule has 2 aliphatic rings. The molecule has 1 aromatic carbocycles. The van der Waals surface area contributed by atoms with Crippen LogP contribution in [0.5, 0.6) is 0 Å². The van der Waals surface area contributed by atoms with Gasteiger partial charge in [0.15, 0.2) is 0 Å². The Hall–Kier alpha value is -2.29. The van der Waals surface area contributed by atoms with E-state index in [-0.39, 0.29) is 23.7 Å². The average molecular weight is 522 g/mol. The van der Waals surface area contributed by atoms with Crippen LogP contribution in [0.25, 0.3) is 0 Å². The second-order valence-corrected chi connectivity index (χ2v) is 11.9. The molecule has 1 unspecified atom stereocenters. The molecule has 1 aromatic rings. The van der Waals surface area contributed by atoms with Crippen molar-refractivity contribution in [2.24, 2.45) is 5.92 Å². The van der Waals surface area contributed by atoms with Crippen LogP contribution in [0.2, 0.25) is 0 Å². The lowest BCUT2D eigenvalue weighted by molar-refractivity contribution is -0.123. The summed E-state index contributed by atoms with van der Waals surface area (Å²) >= 11 is 1.71. The molecule has 2 fully saturated rings. The molecular formula is C27H40FN3O4S. The van der Waals surface area contributed by atoms with Gasteiger partial charge in [0.05, 0.1) is 0 Å². The van der Waals surface area contributed by atoms with E-state index in [1.165, 1.54) is 56.4 Å². The number of benzene rings is 1. The van der Waals surface area contributed by atoms with E-state index in [1.807, 2.05) is 0 Å². The zero-order valence-electron chi connectivity index (χ0n) is 21.7. The Balaban J connectivity index is 1.51. The van der Waals surface area contributed by atoms with Gasteiger partial charge < -0.3 is 20.3 Å². The van der Waals surface area contributed by atoms with Gasteiger partial charge in [-0.25, -0.2) is 9.18 Å². The van der Waals surface area contributed by atoms with Crippen molar-refractivity contribution in [1.82, 2.24) is 15.5 Å². The fourth-order valence-electron chi connectivity index (χ4n) is 4.64. The minimum Gasteiger partial charge on any atom is -0.444 e. The van der Waals surface area contributed by atoms with E-state index in [4.69, 9.17) is 4.74 Å². The maximum Gasteiger partial charge on any atom is 0.408 e. The zero-order chi connectivity index (χ0) is 26.1. The van der Waals surface area contributed by atoms with Gasteiger partial charge in [0.1, 0.15) is 17.5 Å². The lowest BCUT2D eigenvalue weighted by atomic mass is 9.91. The predicted molar refractivity (Wildman–Crippen MR) is 141 cm³/mol. The molecule has 0 bridgehead atoms. The van der Waals surface area contributed by atoms with Crippen molar-refractivity contribution in [3.05, 3.63) is 35.6 Å². The second-order valence-electron chi connectivity index (χ2n) is 10.8. The number of piperidine rings is 1. The molecule has 1 aliphatic heterocycles. The summed E-state index contributed by atoms with van der Waals surface area (Å²) < 4.78 is 18.5. The summed E-state index contributed by atoms with van der Waals surface area (Å²) in [6.45, 7) is 6.38. The van der Waals surface area contributed by atoms with Crippen molar-refractivity contribution in [3.63, 3.8) is 0 Å². The first-order valence-corrected chi connectivity index (χ1v) is 14.2. The molecule has 0 radical (unpaired) electrons. The molecule has 200 valence electrons. The van der Waals surface area contributed by atoms with Gasteiger partial charge in [0.2, 0.25) is 5.91 Å². The average Bonchev–Trinajstić information content (AvgIpc) is 2.83. The fourth-order valence-corrected chi connectivity index (χ4v) is 5.92. The normalized spacial score (nSPS) is 18.4. The van der Waals surface area contributed by atoms with Gasteiger partial charge in [-0.2, -0.15) is 11.8 Å². The first-order valence-electron chi connectivity index (χ1n) is 13.0. The van der Waals surface area contributed by atoms with E-state index in [9.17, 15) is 18.8 Å². The summed E-state index contributed by atoms with van der Waals surface area (Å²) in [5.74, 6) is 1.42. The van der Waals surface area contributed by atoms with Gasteiger partial charge in [-0.3, -0.25) is 9.59 Å². The highest BCUT2D eigenvalue weighted by Gasteiger charge is 2.29. The van der Waals surface area contributed by atoms with Crippen molar-refractivity contribution in [1.29, 1.82) is 0 Å². The number of ether oxygens (including phenoxy) is 1. The van der Waals surface area contributed by atoms with Gasteiger partial charge in [-0.1, -0.05) is 19.3 Å². The highest BCUT2D eigenvalue weighted by molar-refractivity contribution is 7.99. The molecule has 3 amide bonds. The van der Waals surface area contributed by atoms with Crippen molar-refractivity contribution in [3.8, 4) is 0 Å². The molecule has 9 heteroatoms. The zero-order valence-corrected chi connectivity index (χ0v) is 22.5. The van der Waals surface area contributed by atoms with Crippen molar-refractivity contribution < 1.29 is 23.5 Å². The summed E-state index contributed by atoms with van der Waals surface area (Å²) in [4.78, 5) is 40.0. The molecule has 0 spiro atoms. The number of rotatable bonds is 8. The Bertz CT molecular complexity index is 876. The van der Waals surface area contributed by atoms with Gasteiger partial charge in [0.25, 0.3) is 5.91 Å². The predicted octanol–water partition coefficient (Wildman–Crippen LogP) is 4.75. The molecule has 1 heterocycles. The van der Waals surface area contributed by atoms with Gasteiger partial charge in [-0.15, -0.1) is 0 Å². The largest absolute Gasteiger partial charge is 0.444 e. The minimum atomic E-state index is -0.688. The van der Waals surface area contributed by atoms with Gasteiger partial charge >= 0.3 is 6.09 Å². The number of thioether (sulfide) groups is 1. The smallest absolute Gasteiger partial charge is 0.408 e. The topological polar surface area (TPSA) is 87.7 Å². The first kappa shape index (κ1) is 28.3. The Kier molecular flexibility index (Phi) is 10.5. The third-order valence-corrected chi connectivity index (χ3v) is 7.87. The Morgan fingerprint density at radius 3 is 2.31 bits per heavy atom. The number of nitrogens with zero attached hydrogens (tertiary/aromatic N) is 1. The van der Waals surface area contributed by atoms with Crippen LogP contribution in [-0.4, -0.2) is 65.1 Å². The molecule has 2 N–H and O–H groups in total. The van der Waals surface area contributed by atoms with E-state index < -0.39 is 17.7 Å². The van der Waals surface area contributed by atoms with Crippen LogP contribution < -0.4 is 10.6 Å². The first-order chi connectivity index (χ1) is 17.1. The fraction of sp³-hybridized carbons (Fsp3) is 0.667. The molecule has 7 nitrogen and oxygen atoms in total. The van der Waals surface area contributed by atoms with E-state index >= 15 is 0 Å². The lowest BCUT2D eigenvalue weighted by Crippen LogP contribution is -2.54. The van der Waals surface area contributed by atoms with Crippen LogP contribution >= 0.6 is 11.8 Å². The van der Waals surface area contributed by atoms with Gasteiger partial charge in [0, 0.05) is 30.4 Å². The Morgan fingerprint density at radius 1 is 1.06 bits per heavy atom. The Morgan fingerprint density at radius 2 is 1.69 bits per heavy atom.